The molecule has 2 rings (SSSR count). The summed E-state index contributed by atoms with van der Waals surface area (Å²) in [5.41, 5.74) is 1.03. The molecule has 1 N–H and O–H groups in total. The second-order valence-corrected chi connectivity index (χ2v) is 4.97. The molecule has 21 heavy (non-hydrogen) atoms. The number of para-hydroxylation sites is 1. The molecule has 5 heteroatoms. The van der Waals surface area contributed by atoms with E-state index in [1.54, 1.807) is 6.20 Å². The number of allylic oxidation sites excluding steroid dienone is 1. The number of amidine groups is 1. The molecule has 0 atom stereocenters. The van der Waals surface area contributed by atoms with E-state index in [4.69, 9.17) is 4.74 Å². The highest BCUT2D eigenvalue weighted by Crippen LogP contribution is 2.15. The summed E-state index contributed by atoms with van der Waals surface area (Å²) in [5, 5.41) is 9.51. The number of benzene rings is 1. The van der Waals surface area contributed by atoms with E-state index in [0.29, 0.717) is 5.75 Å². The SMILES string of the molecule is C=NC(=N/C=C(\C)N1CCC(O)CC1)Oc1ccccc1. The van der Waals surface area contributed by atoms with Gasteiger partial charge in [-0.15, -0.1) is 0 Å². The van der Waals surface area contributed by atoms with Gasteiger partial charge in [0.2, 0.25) is 0 Å². The van der Waals surface area contributed by atoms with Crippen molar-refractivity contribution in [2.24, 2.45) is 9.98 Å². The van der Waals surface area contributed by atoms with Crippen LogP contribution < -0.4 is 4.74 Å². The van der Waals surface area contributed by atoms with E-state index < -0.39 is 0 Å². The Hall–Kier alpha value is -2.14. The number of rotatable bonds is 3. The van der Waals surface area contributed by atoms with Gasteiger partial charge in [-0.05, 0) is 38.6 Å². The zero-order chi connectivity index (χ0) is 15.1. The highest BCUT2D eigenvalue weighted by molar-refractivity contribution is 5.81. The van der Waals surface area contributed by atoms with Gasteiger partial charge in [0.15, 0.2) is 0 Å². The molecule has 0 aliphatic carbocycles. The third kappa shape index (κ3) is 4.72. The van der Waals surface area contributed by atoms with Crippen LogP contribution in [0.2, 0.25) is 0 Å². The summed E-state index contributed by atoms with van der Waals surface area (Å²) in [4.78, 5) is 10.2. The maximum Gasteiger partial charge on any atom is 0.321 e. The number of likely N-dealkylation sites (tertiary alicyclic amines) is 1. The maximum atomic E-state index is 9.51. The average Bonchev–Trinajstić information content (AvgIpc) is 2.52. The Bertz CT molecular complexity index is 518. The van der Waals surface area contributed by atoms with Gasteiger partial charge in [0.05, 0.1) is 12.3 Å². The molecule has 1 aromatic carbocycles. The molecule has 0 saturated carbocycles. The number of nitrogens with zero attached hydrogens (tertiary/aromatic N) is 3. The quantitative estimate of drug-likeness (QED) is 0.686. The molecule has 112 valence electrons. The highest BCUT2D eigenvalue weighted by Gasteiger charge is 2.16. The Morgan fingerprint density at radius 1 is 1.33 bits per heavy atom. The first-order chi connectivity index (χ1) is 10.2. The van der Waals surface area contributed by atoms with Crippen molar-refractivity contribution in [1.29, 1.82) is 0 Å². The lowest BCUT2D eigenvalue weighted by molar-refractivity contribution is 0.0971. The maximum absolute atomic E-state index is 9.51. The van der Waals surface area contributed by atoms with Crippen molar-refractivity contribution in [2.45, 2.75) is 25.9 Å². The molecule has 1 aliphatic rings. The summed E-state index contributed by atoms with van der Waals surface area (Å²) in [6, 6.07) is 9.58. The van der Waals surface area contributed by atoms with Crippen molar-refractivity contribution in [1.82, 2.24) is 4.90 Å². The molecule has 1 fully saturated rings. The molecule has 0 amide bonds. The predicted molar refractivity (Wildman–Crippen MR) is 84.6 cm³/mol. The van der Waals surface area contributed by atoms with Crippen LogP contribution >= 0.6 is 0 Å². The van der Waals surface area contributed by atoms with Gasteiger partial charge < -0.3 is 14.7 Å². The fourth-order valence-electron chi connectivity index (χ4n) is 2.14. The Balaban J connectivity index is 1.99. The summed E-state index contributed by atoms with van der Waals surface area (Å²) in [7, 11) is 0. The standard InChI is InChI=1S/C16H21N3O2/c1-13(19-10-8-14(20)9-11-19)12-18-16(17-2)21-15-6-4-3-5-7-15/h3-7,12,14,20H,2,8-11H2,1H3/b13-12+,18-16?. The van der Waals surface area contributed by atoms with E-state index in [9.17, 15) is 5.11 Å². The van der Waals surface area contributed by atoms with E-state index in [0.717, 1.165) is 31.6 Å². The third-order valence-corrected chi connectivity index (χ3v) is 3.41. The van der Waals surface area contributed by atoms with Crippen LogP contribution in [-0.4, -0.2) is 41.9 Å². The topological polar surface area (TPSA) is 57.4 Å². The minimum atomic E-state index is -0.177. The zero-order valence-electron chi connectivity index (χ0n) is 12.3. The average molecular weight is 287 g/mol. The van der Waals surface area contributed by atoms with Gasteiger partial charge in [-0.1, -0.05) is 18.2 Å². The highest BCUT2D eigenvalue weighted by atomic mass is 16.5. The fourth-order valence-corrected chi connectivity index (χ4v) is 2.14. The Labute approximate surface area is 125 Å². The molecule has 0 unspecified atom stereocenters. The monoisotopic (exact) mass is 287 g/mol. The molecular formula is C16H21N3O2. The number of aliphatic hydroxyl groups is 1. The largest absolute Gasteiger partial charge is 0.424 e. The lowest BCUT2D eigenvalue weighted by Crippen LogP contribution is -2.34. The van der Waals surface area contributed by atoms with Crippen LogP contribution in [0, 0.1) is 0 Å². The first-order valence-corrected chi connectivity index (χ1v) is 7.06. The molecule has 1 saturated heterocycles. The fraction of sp³-hybridized carbons (Fsp3) is 0.375. The van der Waals surface area contributed by atoms with Gasteiger partial charge in [-0.25, -0.2) is 9.98 Å². The van der Waals surface area contributed by atoms with Crippen molar-refractivity contribution in [3.8, 4) is 5.75 Å². The van der Waals surface area contributed by atoms with Gasteiger partial charge in [0, 0.05) is 18.8 Å². The van der Waals surface area contributed by atoms with E-state index in [2.05, 4.69) is 21.6 Å². The predicted octanol–water partition coefficient (Wildman–Crippen LogP) is 2.44. The van der Waals surface area contributed by atoms with E-state index >= 15 is 0 Å². The van der Waals surface area contributed by atoms with Gasteiger partial charge >= 0.3 is 6.02 Å². The van der Waals surface area contributed by atoms with Crippen molar-refractivity contribution < 1.29 is 9.84 Å². The van der Waals surface area contributed by atoms with E-state index in [1.165, 1.54) is 0 Å². The van der Waals surface area contributed by atoms with Crippen LogP contribution in [-0.2, 0) is 0 Å². The summed E-state index contributed by atoms with van der Waals surface area (Å²) >= 11 is 0. The van der Waals surface area contributed by atoms with Crippen LogP contribution in [0.1, 0.15) is 19.8 Å². The van der Waals surface area contributed by atoms with Gasteiger partial charge in [0.25, 0.3) is 0 Å². The minimum absolute atomic E-state index is 0.177. The number of hydrogen-bond donors (Lipinski definition) is 1. The van der Waals surface area contributed by atoms with Crippen LogP contribution in [0.4, 0.5) is 0 Å². The Morgan fingerprint density at radius 2 is 2.00 bits per heavy atom. The first-order valence-electron chi connectivity index (χ1n) is 7.06. The number of ether oxygens (including phenoxy) is 1. The molecular weight excluding hydrogens is 266 g/mol. The molecule has 1 heterocycles. The van der Waals surface area contributed by atoms with Crippen LogP contribution in [0.3, 0.4) is 0 Å². The molecule has 0 spiro atoms. The second-order valence-electron chi connectivity index (χ2n) is 4.97. The van der Waals surface area contributed by atoms with Crippen molar-refractivity contribution in [3.63, 3.8) is 0 Å². The van der Waals surface area contributed by atoms with Gasteiger partial charge in [0.1, 0.15) is 5.75 Å². The molecule has 1 aliphatic heterocycles. The molecule has 0 bridgehead atoms. The van der Waals surface area contributed by atoms with Crippen molar-refractivity contribution in [3.05, 3.63) is 42.2 Å². The van der Waals surface area contributed by atoms with Crippen LogP contribution in [0.25, 0.3) is 0 Å². The second kappa shape index (κ2) is 7.59. The lowest BCUT2D eigenvalue weighted by atomic mass is 10.1. The first kappa shape index (κ1) is 15.3. The van der Waals surface area contributed by atoms with E-state index in [1.807, 2.05) is 37.3 Å². The molecule has 5 nitrogen and oxygen atoms in total. The minimum Gasteiger partial charge on any atom is -0.424 e. The number of aliphatic imine (C=N–C) groups is 2. The smallest absolute Gasteiger partial charge is 0.321 e. The van der Waals surface area contributed by atoms with Crippen molar-refractivity contribution in [2.75, 3.05) is 13.1 Å². The summed E-state index contributed by atoms with van der Waals surface area (Å²) < 4.78 is 5.54. The Kier molecular flexibility index (Phi) is 5.51. The van der Waals surface area contributed by atoms with Crippen molar-refractivity contribution >= 4 is 12.7 Å². The van der Waals surface area contributed by atoms with Crippen LogP contribution in [0.5, 0.6) is 5.75 Å². The number of hydrogen-bond acceptors (Lipinski definition) is 4. The Morgan fingerprint density at radius 3 is 2.62 bits per heavy atom. The summed E-state index contributed by atoms with van der Waals surface area (Å²) in [6.07, 6.45) is 3.14. The summed E-state index contributed by atoms with van der Waals surface area (Å²) in [5.74, 6) is 0.677. The molecule has 0 aromatic heterocycles. The molecule has 1 aromatic rings. The third-order valence-electron chi connectivity index (χ3n) is 3.41. The van der Waals surface area contributed by atoms with Crippen LogP contribution in [0.15, 0.2) is 52.2 Å². The summed E-state index contributed by atoms with van der Waals surface area (Å²) in [6.45, 7) is 7.15. The normalized spacial score (nSPS) is 17.7. The number of piperidine rings is 1. The molecule has 0 radical (unpaired) electrons. The van der Waals surface area contributed by atoms with Gasteiger partial charge in [-0.2, -0.15) is 0 Å². The van der Waals surface area contributed by atoms with Gasteiger partial charge in [-0.3, -0.25) is 0 Å². The zero-order valence-corrected chi connectivity index (χ0v) is 12.3. The lowest BCUT2D eigenvalue weighted by Gasteiger charge is -2.31. The number of aliphatic hydroxyl groups excluding tert-OH is 1. The van der Waals surface area contributed by atoms with E-state index in [-0.39, 0.29) is 12.1 Å².